The van der Waals surface area contributed by atoms with E-state index in [4.69, 9.17) is 9.52 Å². The number of carboxylic acid groups (broad SMARTS) is 1. The second-order valence-corrected chi connectivity index (χ2v) is 6.43. The highest BCUT2D eigenvalue weighted by Gasteiger charge is 2.21. The molecule has 0 fully saturated rings. The van der Waals surface area contributed by atoms with Crippen LogP contribution in [0, 0.1) is 0 Å². The second-order valence-electron chi connectivity index (χ2n) is 6.43. The predicted octanol–water partition coefficient (Wildman–Crippen LogP) is 2.66. The highest BCUT2D eigenvalue weighted by Crippen LogP contribution is 2.23. The molecule has 24 heavy (non-hydrogen) atoms. The van der Waals surface area contributed by atoms with Crippen LogP contribution in [0.5, 0.6) is 0 Å². The average molecular weight is 334 g/mol. The first-order valence-electron chi connectivity index (χ1n) is 7.55. The van der Waals surface area contributed by atoms with E-state index in [1.54, 1.807) is 36.9 Å². The van der Waals surface area contributed by atoms with E-state index in [9.17, 15) is 9.59 Å². The number of urea groups is 1. The first-order chi connectivity index (χ1) is 11.2. The Morgan fingerprint density at radius 3 is 2.67 bits per heavy atom. The number of carboxylic acids is 1. The molecule has 1 aromatic heterocycles. The van der Waals surface area contributed by atoms with Crippen molar-refractivity contribution in [1.82, 2.24) is 10.3 Å². The van der Waals surface area contributed by atoms with Crippen LogP contribution < -0.4 is 15.5 Å². The Morgan fingerprint density at radius 1 is 1.33 bits per heavy atom. The number of aliphatic carboxylic acids is 1. The number of hydrogen-bond acceptors (Lipinski definition) is 5. The Hall–Kier alpha value is -2.77. The Balaban J connectivity index is 2.03. The number of aromatic nitrogens is 1. The quantitative estimate of drug-likeness (QED) is 0.749. The Labute approximate surface area is 139 Å². The van der Waals surface area contributed by atoms with Crippen molar-refractivity contribution in [2.45, 2.75) is 32.2 Å². The largest absolute Gasteiger partial charge is 0.481 e. The second kappa shape index (κ2) is 6.77. The number of anilines is 2. The van der Waals surface area contributed by atoms with Crippen molar-refractivity contribution >= 4 is 34.8 Å². The summed E-state index contributed by atoms with van der Waals surface area (Å²) in [5.74, 6) is -0.890. The van der Waals surface area contributed by atoms with E-state index in [0.717, 1.165) is 0 Å². The lowest BCUT2D eigenvalue weighted by molar-refractivity contribution is -0.137. The Kier molecular flexibility index (Phi) is 4.96. The van der Waals surface area contributed by atoms with E-state index in [1.165, 1.54) is 0 Å². The van der Waals surface area contributed by atoms with Crippen LogP contribution in [-0.4, -0.2) is 41.7 Å². The third-order valence-electron chi connectivity index (χ3n) is 3.43. The van der Waals surface area contributed by atoms with Crippen molar-refractivity contribution in [3.05, 3.63) is 18.2 Å². The topological polar surface area (TPSA) is 108 Å². The van der Waals surface area contributed by atoms with Gasteiger partial charge in [-0.05, 0) is 38.5 Å². The van der Waals surface area contributed by atoms with Crippen LogP contribution in [0.4, 0.5) is 16.5 Å². The molecule has 0 aliphatic heterocycles. The molecular formula is C16H22N4O4. The molecule has 8 heteroatoms. The zero-order chi connectivity index (χ0) is 17.9. The van der Waals surface area contributed by atoms with E-state index in [-0.39, 0.29) is 6.42 Å². The third-order valence-corrected chi connectivity index (χ3v) is 3.43. The number of carbonyl (C=O) groups excluding carboxylic acids is 1. The molecule has 0 radical (unpaired) electrons. The number of oxazole rings is 1. The van der Waals surface area contributed by atoms with Gasteiger partial charge < -0.3 is 25.1 Å². The fourth-order valence-electron chi connectivity index (χ4n) is 2.14. The minimum atomic E-state index is -0.890. The molecular weight excluding hydrogens is 312 g/mol. The van der Waals surface area contributed by atoms with E-state index in [2.05, 4.69) is 15.6 Å². The molecule has 0 saturated carbocycles. The minimum Gasteiger partial charge on any atom is -0.481 e. The number of amides is 2. The van der Waals surface area contributed by atoms with Gasteiger partial charge in [0.15, 0.2) is 5.58 Å². The molecule has 0 saturated heterocycles. The number of nitrogens with one attached hydrogen (secondary N) is 2. The van der Waals surface area contributed by atoms with Gasteiger partial charge in [-0.15, -0.1) is 0 Å². The SMILES string of the molecule is CN(C)c1nc2cc(NC(=O)NC(C)(C)CCC(=O)O)ccc2o1. The zero-order valence-electron chi connectivity index (χ0n) is 14.2. The molecule has 2 rings (SSSR count). The van der Waals surface area contributed by atoms with Gasteiger partial charge in [-0.1, -0.05) is 0 Å². The fourth-order valence-corrected chi connectivity index (χ4v) is 2.14. The molecule has 0 aliphatic carbocycles. The Morgan fingerprint density at radius 2 is 2.04 bits per heavy atom. The molecule has 2 aromatic rings. The van der Waals surface area contributed by atoms with E-state index < -0.39 is 17.5 Å². The van der Waals surface area contributed by atoms with Gasteiger partial charge in [-0.25, -0.2) is 4.79 Å². The maximum absolute atomic E-state index is 12.1. The molecule has 3 N–H and O–H groups in total. The van der Waals surface area contributed by atoms with E-state index >= 15 is 0 Å². The van der Waals surface area contributed by atoms with Crippen molar-refractivity contribution in [3.63, 3.8) is 0 Å². The van der Waals surface area contributed by atoms with Crippen LogP contribution >= 0.6 is 0 Å². The number of fused-ring (bicyclic) bond motifs is 1. The molecule has 1 heterocycles. The van der Waals surface area contributed by atoms with Crippen molar-refractivity contribution < 1.29 is 19.1 Å². The normalized spacial score (nSPS) is 11.3. The molecule has 2 amide bonds. The van der Waals surface area contributed by atoms with Crippen LogP contribution in [0.1, 0.15) is 26.7 Å². The van der Waals surface area contributed by atoms with Crippen LogP contribution in [0.2, 0.25) is 0 Å². The number of nitrogens with zero attached hydrogens (tertiary/aromatic N) is 2. The third kappa shape index (κ3) is 4.61. The number of carbonyl (C=O) groups is 2. The van der Waals surface area contributed by atoms with Gasteiger partial charge in [0.05, 0.1) is 0 Å². The van der Waals surface area contributed by atoms with Gasteiger partial charge in [0.2, 0.25) is 0 Å². The lowest BCUT2D eigenvalue weighted by atomic mass is 9.99. The van der Waals surface area contributed by atoms with Crippen LogP contribution in [0.25, 0.3) is 11.1 Å². The van der Waals surface area contributed by atoms with Crippen LogP contribution in [-0.2, 0) is 4.79 Å². The molecule has 0 bridgehead atoms. The highest BCUT2D eigenvalue weighted by molar-refractivity contribution is 5.92. The lowest BCUT2D eigenvalue weighted by Crippen LogP contribution is -2.45. The first kappa shape index (κ1) is 17.6. The predicted molar refractivity (Wildman–Crippen MR) is 91.4 cm³/mol. The van der Waals surface area contributed by atoms with Gasteiger partial charge in [-0.2, -0.15) is 4.98 Å². The smallest absolute Gasteiger partial charge is 0.319 e. The summed E-state index contributed by atoms with van der Waals surface area (Å²) in [6.45, 7) is 3.55. The number of hydrogen-bond donors (Lipinski definition) is 3. The summed E-state index contributed by atoms with van der Waals surface area (Å²) in [5.41, 5.74) is 1.22. The molecule has 0 atom stereocenters. The van der Waals surface area contributed by atoms with Crippen LogP contribution in [0.3, 0.4) is 0 Å². The lowest BCUT2D eigenvalue weighted by Gasteiger charge is -2.25. The van der Waals surface area contributed by atoms with Crippen molar-refractivity contribution in [2.24, 2.45) is 0 Å². The van der Waals surface area contributed by atoms with Gasteiger partial charge in [0.1, 0.15) is 5.52 Å². The fraction of sp³-hybridized carbons (Fsp3) is 0.438. The van der Waals surface area contributed by atoms with Gasteiger partial charge in [-0.3, -0.25) is 4.79 Å². The summed E-state index contributed by atoms with van der Waals surface area (Å²) in [5, 5.41) is 14.2. The summed E-state index contributed by atoms with van der Waals surface area (Å²) in [4.78, 5) is 28.8. The van der Waals surface area contributed by atoms with Crippen molar-refractivity contribution in [3.8, 4) is 0 Å². The molecule has 130 valence electrons. The monoisotopic (exact) mass is 334 g/mol. The van der Waals surface area contributed by atoms with Gasteiger partial charge in [0.25, 0.3) is 6.01 Å². The first-order valence-corrected chi connectivity index (χ1v) is 7.55. The summed E-state index contributed by atoms with van der Waals surface area (Å²) in [6.07, 6.45) is 0.329. The molecule has 1 aromatic carbocycles. The average Bonchev–Trinajstić information content (AvgIpc) is 2.88. The highest BCUT2D eigenvalue weighted by atomic mass is 16.4. The Bertz CT molecular complexity index is 752. The number of benzene rings is 1. The molecule has 0 aliphatic rings. The van der Waals surface area contributed by atoms with E-state index in [1.807, 2.05) is 14.1 Å². The van der Waals surface area contributed by atoms with Crippen molar-refractivity contribution in [1.29, 1.82) is 0 Å². The van der Waals surface area contributed by atoms with Gasteiger partial charge >= 0.3 is 12.0 Å². The summed E-state index contributed by atoms with van der Waals surface area (Å²) < 4.78 is 5.56. The maximum atomic E-state index is 12.1. The molecule has 8 nitrogen and oxygen atoms in total. The van der Waals surface area contributed by atoms with Crippen molar-refractivity contribution in [2.75, 3.05) is 24.3 Å². The maximum Gasteiger partial charge on any atom is 0.319 e. The summed E-state index contributed by atoms with van der Waals surface area (Å²) in [6, 6.07) is 5.26. The van der Waals surface area contributed by atoms with Crippen LogP contribution in [0.15, 0.2) is 22.6 Å². The molecule has 0 unspecified atom stereocenters. The molecule has 0 spiro atoms. The zero-order valence-corrected chi connectivity index (χ0v) is 14.2. The standard InChI is InChI=1S/C16H22N4O4/c1-16(2,8-7-13(21)22)19-14(23)17-10-5-6-12-11(9-10)18-15(24-12)20(3)4/h5-6,9H,7-8H2,1-4H3,(H,21,22)(H2,17,19,23). The van der Waals surface area contributed by atoms with E-state index in [0.29, 0.717) is 29.2 Å². The minimum absolute atomic E-state index is 0.00844. The van der Waals surface area contributed by atoms with Gasteiger partial charge in [0, 0.05) is 31.7 Å². The summed E-state index contributed by atoms with van der Waals surface area (Å²) in [7, 11) is 3.66. The summed E-state index contributed by atoms with van der Waals surface area (Å²) >= 11 is 0. The number of rotatable bonds is 6.